The molecule has 1 unspecified atom stereocenters. The molecular weight excluding hydrogens is 182 g/mol. The Kier molecular flexibility index (Phi) is 4.90. The van der Waals surface area contributed by atoms with Crippen LogP contribution in [0.3, 0.4) is 0 Å². The summed E-state index contributed by atoms with van der Waals surface area (Å²) in [4.78, 5) is 13.6. The first-order valence-corrected chi connectivity index (χ1v) is 5.30. The van der Waals surface area contributed by atoms with Gasteiger partial charge in [0.2, 0.25) is 0 Å². The van der Waals surface area contributed by atoms with Gasteiger partial charge in [-0.15, -0.1) is 0 Å². The number of hydrogen-bond acceptors (Lipinski definition) is 3. The standard InChI is InChI=1S/C10H19NO3/c1-2-5-11-6-8-14-9(10(11)13)4-3-7-12/h9,12H,2-8H2,1H3. The van der Waals surface area contributed by atoms with Gasteiger partial charge < -0.3 is 14.7 Å². The minimum absolute atomic E-state index is 0.0894. The number of morpholine rings is 1. The third-order valence-electron chi connectivity index (χ3n) is 2.39. The van der Waals surface area contributed by atoms with Crippen LogP contribution in [0.25, 0.3) is 0 Å². The van der Waals surface area contributed by atoms with E-state index in [1.165, 1.54) is 0 Å². The molecule has 1 heterocycles. The van der Waals surface area contributed by atoms with Crippen LogP contribution in [0.4, 0.5) is 0 Å². The summed E-state index contributed by atoms with van der Waals surface area (Å²) in [5.41, 5.74) is 0. The van der Waals surface area contributed by atoms with Crippen molar-refractivity contribution in [2.45, 2.75) is 32.3 Å². The van der Waals surface area contributed by atoms with Gasteiger partial charge in [-0.2, -0.15) is 0 Å². The Hall–Kier alpha value is -0.610. The Balaban J connectivity index is 2.40. The fraction of sp³-hybridized carbons (Fsp3) is 0.900. The molecule has 0 spiro atoms. The molecule has 0 aliphatic carbocycles. The Bertz CT molecular complexity index is 182. The van der Waals surface area contributed by atoms with E-state index in [0.717, 1.165) is 13.0 Å². The number of hydrogen-bond donors (Lipinski definition) is 1. The molecule has 0 aromatic heterocycles. The van der Waals surface area contributed by atoms with Crippen molar-refractivity contribution in [1.82, 2.24) is 4.90 Å². The lowest BCUT2D eigenvalue weighted by Crippen LogP contribution is -2.47. The summed E-state index contributed by atoms with van der Waals surface area (Å²) in [5.74, 6) is 0.0894. The molecule has 1 N–H and O–H groups in total. The molecular formula is C10H19NO3. The van der Waals surface area contributed by atoms with Crippen LogP contribution in [-0.2, 0) is 9.53 Å². The predicted octanol–water partition coefficient (Wildman–Crippen LogP) is 0.396. The zero-order chi connectivity index (χ0) is 10.4. The number of carbonyl (C=O) groups excluding carboxylic acids is 1. The molecule has 0 bridgehead atoms. The van der Waals surface area contributed by atoms with Gasteiger partial charge in [0, 0.05) is 19.7 Å². The largest absolute Gasteiger partial charge is 0.396 e. The van der Waals surface area contributed by atoms with Crippen LogP contribution in [0.15, 0.2) is 0 Å². The molecule has 1 aliphatic heterocycles. The van der Waals surface area contributed by atoms with Gasteiger partial charge >= 0.3 is 0 Å². The van der Waals surface area contributed by atoms with Gasteiger partial charge in [0.1, 0.15) is 6.10 Å². The van der Waals surface area contributed by atoms with Crippen LogP contribution < -0.4 is 0 Å². The van der Waals surface area contributed by atoms with Gasteiger partial charge in [-0.1, -0.05) is 6.92 Å². The number of nitrogens with zero attached hydrogens (tertiary/aromatic N) is 1. The lowest BCUT2D eigenvalue weighted by atomic mass is 10.1. The second kappa shape index (κ2) is 5.98. The van der Waals surface area contributed by atoms with E-state index in [0.29, 0.717) is 26.0 Å². The summed E-state index contributed by atoms with van der Waals surface area (Å²) >= 11 is 0. The summed E-state index contributed by atoms with van der Waals surface area (Å²) in [7, 11) is 0. The van der Waals surface area contributed by atoms with Gasteiger partial charge in [-0.25, -0.2) is 0 Å². The maximum atomic E-state index is 11.7. The minimum Gasteiger partial charge on any atom is -0.396 e. The molecule has 14 heavy (non-hydrogen) atoms. The van der Waals surface area contributed by atoms with Crippen molar-refractivity contribution < 1.29 is 14.6 Å². The normalized spacial score (nSPS) is 22.9. The summed E-state index contributed by atoms with van der Waals surface area (Å²) in [6.07, 6.45) is 1.94. The Labute approximate surface area is 84.8 Å². The molecule has 1 aliphatic rings. The van der Waals surface area contributed by atoms with E-state index in [1.807, 2.05) is 4.90 Å². The van der Waals surface area contributed by atoms with E-state index in [1.54, 1.807) is 0 Å². The van der Waals surface area contributed by atoms with E-state index in [4.69, 9.17) is 9.84 Å². The van der Waals surface area contributed by atoms with Gasteiger partial charge in [-0.05, 0) is 19.3 Å². The molecule has 0 aromatic rings. The third-order valence-corrected chi connectivity index (χ3v) is 2.39. The second-order valence-corrected chi connectivity index (χ2v) is 3.55. The average molecular weight is 201 g/mol. The molecule has 1 amide bonds. The van der Waals surface area contributed by atoms with E-state index < -0.39 is 0 Å². The molecule has 0 radical (unpaired) electrons. The number of aliphatic hydroxyl groups excluding tert-OH is 1. The van der Waals surface area contributed by atoms with Crippen molar-refractivity contribution in [2.75, 3.05) is 26.3 Å². The minimum atomic E-state index is -0.317. The quantitative estimate of drug-likeness (QED) is 0.700. The number of rotatable bonds is 5. The lowest BCUT2D eigenvalue weighted by Gasteiger charge is -2.32. The van der Waals surface area contributed by atoms with E-state index in [-0.39, 0.29) is 18.6 Å². The zero-order valence-electron chi connectivity index (χ0n) is 8.74. The van der Waals surface area contributed by atoms with E-state index in [9.17, 15) is 4.79 Å². The van der Waals surface area contributed by atoms with Crippen LogP contribution in [0.1, 0.15) is 26.2 Å². The third kappa shape index (κ3) is 2.96. The first-order valence-electron chi connectivity index (χ1n) is 5.30. The fourth-order valence-electron chi connectivity index (χ4n) is 1.67. The maximum absolute atomic E-state index is 11.7. The Morgan fingerprint density at radius 1 is 1.64 bits per heavy atom. The highest BCUT2D eigenvalue weighted by atomic mass is 16.5. The van der Waals surface area contributed by atoms with E-state index in [2.05, 4.69) is 6.92 Å². The van der Waals surface area contributed by atoms with Crippen molar-refractivity contribution in [3.8, 4) is 0 Å². The average Bonchev–Trinajstić information content (AvgIpc) is 2.20. The highest BCUT2D eigenvalue weighted by molar-refractivity contribution is 5.81. The number of amides is 1. The molecule has 0 saturated carbocycles. The van der Waals surface area contributed by atoms with Crippen LogP contribution in [0.5, 0.6) is 0 Å². The van der Waals surface area contributed by atoms with Crippen LogP contribution in [0.2, 0.25) is 0 Å². The monoisotopic (exact) mass is 201 g/mol. The lowest BCUT2D eigenvalue weighted by molar-refractivity contribution is -0.153. The summed E-state index contributed by atoms with van der Waals surface area (Å²) in [6, 6.07) is 0. The smallest absolute Gasteiger partial charge is 0.251 e. The second-order valence-electron chi connectivity index (χ2n) is 3.55. The van der Waals surface area contributed by atoms with Crippen molar-refractivity contribution in [2.24, 2.45) is 0 Å². The van der Waals surface area contributed by atoms with Crippen molar-refractivity contribution >= 4 is 5.91 Å². The zero-order valence-corrected chi connectivity index (χ0v) is 8.74. The van der Waals surface area contributed by atoms with Crippen LogP contribution in [0, 0.1) is 0 Å². The molecule has 1 saturated heterocycles. The van der Waals surface area contributed by atoms with Crippen LogP contribution in [-0.4, -0.2) is 48.3 Å². The number of ether oxygens (including phenoxy) is 1. The Morgan fingerprint density at radius 2 is 2.43 bits per heavy atom. The molecule has 1 atom stereocenters. The summed E-state index contributed by atoms with van der Waals surface area (Å²) < 4.78 is 5.37. The Morgan fingerprint density at radius 3 is 3.07 bits per heavy atom. The van der Waals surface area contributed by atoms with Crippen molar-refractivity contribution in [1.29, 1.82) is 0 Å². The van der Waals surface area contributed by atoms with Gasteiger partial charge in [-0.3, -0.25) is 4.79 Å². The summed E-state index contributed by atoms with van der Waals surface area (Å²) in [6.45, 7) is 4.34. The first-order chi connectivity index (χ1) is 6.79. The molecule has 1 fully saturated rings. The van der Waals surface area contributed by atoms with Gasteiger partial charge in [0.25, 0.3) is 5.91 Å². The maximum Gasteiger partial charge on any atom is 0.251 e. The van der Waals surface area contributed by atoms with Gasteiger partial charge in [0.15, 0.2) is 0 Å². The topological polar surface area (TPSA) is 49.8 Å². The summed E-state index contributed by atoms with van der Waals surface area (Å²) in [5, 5.41) is 8.67. The number of aliphatic hydroxyl groups is 1. The molecule has 4 heteroatoms. The number of carbonyl (C=O) groups is 1. The van der Waals surface area contributed by atoms with Gasteiger partial charge in [0.05, 0.1) is 6.61 Å². The molecule has 0 aromatic carbocycles. The SMILES string of the molecule is CCCN1CCOC(CCCO)C1=O. The highest BCUT2D eigenvalue weighted by Gasteiger charge is 2.28. The molecule has 82 valence electrons. The first kappa shape index (κ1) is 11.5. The fourth-order valence-corrected chi connectivity index (χ4v) is 1.67. The highest BCUT2D eigenvalue weighted by Crippen LogP contribution is 2.12. The van der Waals surface area contributed by atoms with Crippen molar-refractivity contribution in [3.05, 3.63) is 0 Å². The predicted molar refractivity (Wildman–Crippen MR) is 52.9 cm³/mol. The van der Waals surface area contributed by atoms with Crippen LogP contribution >= 0.6 is 0 Å². The van der Waals surface area contributed by atoms with Crippen molar-refractivity contribution in [3.63, 3.8) is 0 Å². The molecule has 1 rings (SSSR count). The van der Waals surface area contributed by atoms with E-state index >= 15 is 0 Å². The molecule has 4 nitrogen and oxygen atoms in total.